The molecular weight excluding hydrogens is 207 g/mol. The molecule has 0 aromatic heterocycles. The lowest BCUT2D eigenvalue weighted by molar-refractivity contribution is -0.138. The van der Waals surface area contributed by atoms with E-state index in [1.807, 2.05) is 12.2 Å². The molecule has 0 amide bonds. The molecule has 0 bridgehead atoms. The minimum Gasteiger partial charge on any atom is -0.481 e. The van der Waals surface area contributed by atoms with Gasteiger partial charge in [-0.1, -0.05) is 24.3 Å². The zero-order chi connectivity index (χ0) is 11.6. The lowest BCUT2D eigenvalue weighted by atomic mass is 10.0. The molecule has 0 radical (unpaired) electrons. The van der Waals surface area contributed by atoms with Gasteiger partial charge < -0.3 is 5.11 Å². The quantitative estimate of drug-likeness (QED) is 0.846. The van der Waals surface area contributed by atoms with E-state index < -0.39 is 5.97 Å². The van der Waals surface area contributed by atoms with Crippen molar-refractivity contribution in [3.8, 4) is 0 Å². The van der Waals surface area contributed by atoms with Crippen molar-refractivity contribution in [2.24, 2.45) is 5.41 Å². The maximum absolute atomic E-state index is 12.6. The summed E-state index contributed by atoms with van der Waals surface area (Å²) in [5.74, 6) is -1.02. The Labute approximate surface area is 93.4 Å². The predicted octanol–water partition coefficient (Wildman–Crippen LogP) is 3.09. The molecule has 3 heteroatoms. The van der Waals surface area contributed by atoms with E-state index in [2.05, 4.69) is 0 Å². The Balaban J connectivity index is 2.04. The van der Waals surface area contributed by atoms with Gasteiger partial charge in [-0.15, -0.1) is 0 Å². The van der Waals surface area contributed by atoms with Gasteiger partial charge in [0.05, 0.1) is 6.42 Å². The van der Waals surface area contributed by atoms with Gasteiger partial charge in [0.1, 0.15) is 5.82 Å². The third kappa shape index (κ3) is 2.69. The lowest BCUT2D eigenvalue weighted by Crippen LogP contribution is -2.05. The first kappa shape index (κ1) is 10.9. The molecule has 16 heavy (non-hydrogen) atoms. The van der Waals surface area contributed by atoms with E-state index in [-0.39, 0.29) is 17.7 Å². The van der Waals surface area contributed by atoms with Crippen LogP contribution < -0.4 is 0 Å². The summed E-state index contributed by atoms with van der Waals surface area (Å²) < 4.78 is 12.6. The van der Waals surface area contributed by atoms with Crippen molar-refractivity contribution in [3.63, 3.8) is 0 Å². The molecule has 0 atom stereocenters. The summed E-state index contributed by atoms with van der Waals surface area (Å²) in [6, 6.07) is 6.16. The summed E-state index contributed by atoms with van der Waals surface area (Å²) >= 11 is 0. The third-order valence-electron chi connectivity index (χ3n) is 2.89. The van der Waals surface area contributed by atoms with Crippen LogP contribution in [-0.4, -0.2) is 11.1 Å². The highest BCUT2D eigenvalue weighted by molar-refractivity contribution is 5.69. The van der Waals surface area contributed by atoms with Gasteiger partial charge in [-0.3, -0.25) is 4.79 Å². The Hall–Kier alpha value is -1.64. The number of hydrogen-bond acceptors (Lipinski definition) is 1. The van der Waals surface area contributed by atoms with Gasteiger partial charge in [-0.05, 0) is 36.0 Å². The Bertz CT molecular complexity index is 416. The molecule has 1 fully saturated rings. The fourth-order valence-corrected chi connectivity index (χ4v) is 1.71. The molecule has 2 rings (SSSR count). The van der Waals surface area contributed by atoms with Crippen LogP contribution in [0.5, 0.6) is 0 Å². The first-order valence-corrected chi connectivity index (χ1v) is 5.26. The van der Waals surface area contributed by atoms with Crippen molar-refractivity contribution in [1.29, 1.82) is 0 Å². The average Bonchev–Trinajstić information content (AvgIpc) is 2.97. The molecule has 1 aliphatic rings. The topological polar surface area (TPSA) is 37.3 Å². The van der Waals surface area contributed by atoms with Crippen LogP contribution in [-0.2, 0) is 4.79 Å². The standard InChI is InChI=1S/C13H13FO2/c14-11-3-1-10(2-4-11)5-6-13(7-8-13)9-12(15)16/h1-6H,7-9H2,(H,15,16)/b6-5+. The summed E-state index contributed by atoms with van der Waals surface area (Å²) in [5, 5.41) is 8.74. The Morgan fingerprint density at radius 3 is 2.50 bits per heavy atom. The van der Waals surface area contributed by atoms with Crippen LogP contribution in [0.1, 0.15) is 24.8 Å². The number of carboxylic acid groups (broad SMARTS) is 1. The highest BCUT2D eigenvalue weighted by atomic mass is 19.1. The van der Waals surface area contributed by atoms with Gasteiger partial charge in [0.25, 0.3) is 0 Å². The SMILES string of the molecule is O=C(O)CC1(/C=C/c2ccc(F)cc2)CC1. The van der Waals surface area contributed by atoms with Crippen molar-refractivity contribution >= 4 is 12.0 Å². The van der Waals surface area contributed by atoms with Crippen molar-refractivity contribution in [1.82, 2.24) is 0 Å². The number of carboxylic acids is 1. The van der Waals surface area contributed by atoms with Crippen LogP contribution in [0.15, 0.2) is 30.3 Å². The molecule has 0 unspecified atom stereocenters. The van der Waals surface area contributed by atoms with E-state index in [4.69, 9.17) is 5.11 Å². The smallest absolute Gasteiger partial charge is 0.304 e. The first-order chi connectivity index (χ1) is 7.60. The van der Waals surface area contributed by atoms with Gasteiger partial charge in [0, 0.05) is 0 Å². The van der Waals surface area contributed by atoms with E-state index in [0.717, 1.165) is 18.4 Å². The zero-order valence-corrected chi connectivity index (χ0v) is 8.82. The molecule has 0 heterocycles. The van der Waals surface area contributed by atoms with Gasteiger partial charge in [-0.25, -0.2) is 4.39 Å². The van der Waals surface area contributed by atoms with Crippen LogP contribution in [0.4, 0.5) is 4.39 Å². The molecule has 1 aromatic rings. The highest BCUT2D eigenvalue weighted by Gasteiger charge is 2.41. The molecule has 0 saturated heterocycles. The minimum atomic E-state index is -0.763. The van der Waals surface area contributed by atoms with E-state index in [1.54, 1.807) is 12.1 Å². The summed E-state index contributed by atoms with van der Waals surface area (Å²) in [6.45, 7) is 0. The minimum absolute atomic E-state index is 0.153. The predicted molar refractivity (Wildman–Crippen MR) is 59.4 cm³/mol. The van der Waals surface area contributed by atoms with Crippen LogP contribution in [0.3, 0.4) is 0 Å². The average molecular weight is 220 g/mol. The van der Waals surface area contributed by atoms with E-state index in [0.29, 0.717) is 0 Å². The van der Waals surface area contributed by atoms with E-state index in [1.165, 1.54) is 12.1 Å². The second-order valence-electron chi connectivity index (χ2n) is 4.32. The fraction of sp³-hybridized carbons (Fsp3) is 0.308. The molecule has 1 aliphatic carbocycles. The monoisotopic (exact) mass is 220 g/mol. The summed E-state index contributed by atoms with van der Waals surface area (Å²) in [4.78, 5) is 10.6. The number of hydrogen-bond donors (Lipinski definition) is 1. The van der Waals surface area contributed by atoms with Gasteiger partial charge >= 0.3 is 5.97 Å². The highest BCUT2D eigenvalue weighted by Crippen LogP contribution is 2.50. The number of halogens is 1. The largest absolute Gasteiger partial charge is 0.481 e. The molecule has 0 spiro atoms. The molecule has 2 nitrogen and oxygen atoms in total. The summed E-state index contributed by atoms with van der Waals surface area (Å²) in [5.41, 5.74) is 0.748. The molecule has 1 aromatic carbocycles. The number of benzene rings is 1. The first-order valence-electron chi connectivity index (χ1n) is 5.26. The molecule has 84 valence electrons. The number of carbonyl (C=O) groups is 1. The maximum atomic E-state index is 12.6. The van der Waals surface area contributed by atoms with Crippen molar-refractivity contribution in [3.05, 3.63) is 41.7 Å². The van der Waals surface area contributed by atoms with Crippen LogP contribution in [0, 0.1) is 11.2 Å². The third-order valence-corrected chi connectivity index (χ3v) is 2.89. The molecule has 1 N–H and O–H groups in total. The second kappa shape index (κ2) is 4.08. The van der Waals surface area contributed by atoms with Gasteiger partial charge in [0.15, 0.2) is 0 Å². The lowest BCUT2D eigenvalue weighted by Gasteiger charge is -2.04. The summed E-state index contributed by atoms with van der Waals surface area (Å²) in [6.07, 6.45) is 5.85. The maximum Gasteiger partial charge on any atom is 0.304 e. The van der Waals surface area contributed by atoms with Crippen LogP contribution in [0.25, 0.3) is 6.08 Å². The number of rotatable bonds is 4. The zero-order valence-electron chi connectivity index (χ0n) is 8.82. The summed E-state index contributed by atoms with van der Waals surface area (Å²) in [7, 11) is 0. The van der Waals surface area contributed by atoms with Gasteiger partial charge in [0.2, 0.25) is 0 Å². The molecule has 0 aliphatic heterocycles. The Morgan fingerprint density at radius 1 is 1.38 bits per heavy atom. The van der Waals surface area contributed by atoms with Gasteiger partial charge in [-0.2, -0.15) is 0 Å². The van der Waals surface area contributed by atoms with Crippen molar-refractivity contribution in [2.75, 3.05) is 0 Å². The number of aliphatic carboxylic acids is 1. The molecule has 1 saturated carbocycles. The van der Waals surface area contributed by atoms with Crippen LogP contribution in [0.2, 0.25) is 0 Å². The Morgan fingerprint density at radius 2 is 2.00 bits per heavy atom. The van der Waals surface area contributed by atoms with E-state index >= 15 is 0 Å². The van der Waals surface area contributed by atoms with Crippen LogP contribution >= 0.6 is 0 Å². The van der Waals surface area contributed by atoms with Crippen molar-refractivity contribution < 1.29 is 14.3 Å². The van der Waals surface area contributed by atoms with Crippen molar-refractivity contribution in [2.45, 2.75) is 19.3 Å². The second-order valence-corrected chi connectivity index (χ2v) is 4.32. The number of allylic oxidation sites excluding steroid dienone is 1. The van der Waals surface area contributed by atoms with E-state index in [9.17, 15) is 9.18 Å². The fourth-order valence-electron chi connectivity index (χ4n) is 1.71. The Kier molecular flexibility index (Phi) is 2.77. The molecular formula is C13H13FO2. The normalized spacial score (nSPS) is 17.6.